The summed E-state index contributed by atoms with van der Waals surface area (Å²) in [6, 6.07) is 0. The van der Waals surface area contributed by atoms with E-state index in [0.29, 0.717) is 17.5 Å². The van der Waals surface area contributed by atoms with E-state index < -0.39 is 0 Å². The summed E-state index contributed by atoms with van der Waals surface area (Å²) in [5.74, 6) is 1.17. The van der Waals surface area contributed by atoms with Crippen LogP contribution in [0.2, 0.25) is 0 Å². The molecule has 0 radical (unpaired) electrons. The zero-order valence-corrected chi connectivity index (χ0v) is 10.8. The van der Waals surface area contributed by atoms with Crippen molar-refractivity contribution in [2.24, 2.45) is 5.92 Å². The van der Waals surface area contributed by atoms with E-state index in [4.69, 9.17) is 10.5 Å². The molecule has 2 N–H and O–H groups in total. The van der Waals surface area contributed by atoms with Crippen LogP contribution in [-0.4, -0.2) is 26.9 Å². The maximum atomic E-state index is 5.63. The summed E-state index contributed by atoms with van der Waals surface area (Å²) in [5.41, 5.74) is 7.24. The van der Waals surface area contributed by atoms with Crippen molar-refractivity contribution in [1.29, 1.82) is 0 Å². The zero-order chi connectivity index (χ0) is 13.1. The summed E-state index contributed by atoms with van der Waals surface area (Å²) in [4.78, 5) is 8.34. The van der Waals surface area contributed by atoms with Gasteiger partial charge in [-0.15, -0.1) is 0 Å². The van der Waals surface area contributed by atoms with Crippen LogP contribution in [0.25, 0.3) is 11.3 Å². The Labute approximate surface area is 106 Å². The van der Waals surface area contributed by atoms with Crippen molar-refractivity contribution < 1.29 is 4.74 Å². The molecule has 0 saturated carbocycles. The van der Waals surface area contributed by atoms with E-state index in [0.717, 1.165) is 12.1 Å². The predicted octanol–water partition coefficient (Wildman–Crippen LogP) is 1.59. The van der Waals surface area contributed by atoms with Gasteiger partial charge in [0, 0.05) is 18.3 Å². The largest absolute Gasteiger partial charge is 0.478 e. The fraction of sp³-hybridized carbons (Fsp3) is 0.417. The molecule has 0 atom stereocenters. The van der Waals surface area contributed by atoms with Crippen molar-refractivity contribution in [2.45, 2.75) is 20.4 Å². The maximum Gasteiger partial charge on any atom is 0.257 e. The smallest absolute Gasteiger partial charge is 0.257 e. The third-order valence-corrected chi connectivity index (χ3v) is 2.44. The topological polar surface area (TPSA) is 78.9 Å². The maximum absolute atomic E-state index is 5.63. The van der Waals surface area contributed by atoms with Crippen LogP contribution in [0.1, 0.15) is 13.8 Å². The van der Waals surface area contributed by atoms with E-state index in [9.17, 15) is 0 Å². The van der Waals surface area contributed by atoms with Gasteiger partial charge in [-0.05, 0) is 5.92 Å². The van der Waals surface area contributed by atoms with Gasteiger partial charge in [0.05, 0.1) is 25.2 Å². The summed E-state index contributed by atoms with van der Waals surface area (Å²) in [6.07, 6.45) is 5.33. The van der Waals surface area contributed by atoms with Crippen LogP contribution in [0.5, 0.6) is 5.88 Å². The number of ether oxygens (including phenoxy) is 1. The molecule has 2 rings (SSSR count). The van der Waals surface area contributed by atoms with Crippen molar-refractivity contribution in [3.05, 3.63) is 18.6 Å². The van der Waals surface area contributed by atoms with Crippen LogP contribution in [0.15, 0.2) is 18.6 Å². The third-order valence-electron chi connectivity index (χ3n) is 2.44. The Morgan fingerprint density at radius 2 is 2.17 bits per heavy atom. The van der Waals surface area contributed by atoms with Crippen molar-refractivity contribution in [2.75, 3.05) is 12.8 Å². The molecule has 6 nitrogen and oxygen atoms in total. The lowest BCUT2D eigenvalue weighted by Crippen LogP contribution is -2.04. The first-order chi connectivity index (χ1) is 8.60. The molecule has 18 heavy (non-hydrogen) atoms. The number of rotatable bonds is 4. The lowest BCUT2D eigenvalue weighted by atomic mass is 10.2. The molecule has 0 unspecified atom stereocenters. The average Bonchev–Trinajstić information content (AvgIpc) is 2.77. The lowest BCUT2D eigenvalue weighted by Gasteiger charge is -2.04. The molecule has 0 saturated heterocycles. The molecule has 0 aliphatic rings. The summed E-state index contributed by atoms with van der Waals surface area (Å²) >= 11 is 0. The number of anilines is 1. The van der Waals surface area contributed by atoms with Crippen molar-refractivity contribution in [3.8, 4) is 17.1 Å². The highest BCUT2D eigenvalue weighted by Gasteiger charge is 2.09. The van der Waals surface area contributed by atoms with Gasteiger partial charge >= 0.3 is 0 Å². The lowest BCUT2D eigenvalue weighted by molar-refractivity contribution is 0.399. The molecule has 96 valence electrons. The standard InChI is InChI=1S/C12H17N5O/c1-8(2)6-17-7-9(4-15-17)10-5-14-11(13)12(16-10)18-3/h4-5,7-8H,6H2,1-3H3,(H2,13,14). The van der Waals surface area contributed by atoms with Gasteiger partial charge in [-0.25, -0.2) is 9.97 Å². The molecule has 0 aliphatic carbocycles. The summed E-state index contributed by atoms with van der Waals surface area (Å²) in [6.45, 7) is 5.17. The van der Waals surface area contributed by atoms with Crippen LogP contribution in [0, 0.1) is 5.92 Å². The van der Waals surface area contributed by atoms with Gasteiger partial charge in [0.2, 0.25) is 0 Å². The highest BCUT2D eigenvalue weighted by Crippen LogP contribution is 2.21. The van der Waals surface area contributed by atoms with Crippen LogP contribution >= 0.6 is 0 Å². The summed E-state index contributed by atoms with van der Waals surface area (Å²) in [5, 5.41) is 4.29. The Hall–Kier alpha value is -2.11. The van der Waals surface area contributed by atoms with Gasteiger partial charge in [0.25, 0.3) is 5.88 Å². The zero-order valence-electron chi connectivity index (χ0n) is 10.8. The van der Waals surface area contributed by atoms with Crippen LogP contribution in [0.3, 0.4) is 0 Å². The number of nitrogen functional groups attached to an aromatic ring is 1. The number of nitrogens with two attached hydrogens (primary N) is 1. The monoisotopic (exact) mass is 247 g/mol. The second kappa shape index (κ2) is 5.03. The molecular formula is C12H17N5O. The highest BCUT2D eigenvalue weighted by molar-refractivity contribution is 5.58. The minimum Gasteiger partial charge on any atom is -0.478 e. The number of aromatic nitrogens is 4. The Balaban J connectivity index is 2.28. The summed E-state index contributed by atoms with van der Waals surface area (Å²) < 4.78 is 6.95. The first kappa shape index (κ1) is 12.3. The predicted molar refractivity (Wildman–Crippen MR) is 69.1 cm³/mol. The van der Waals surface area contributed by atoms with E-state index in [1.54, 1.807) is 12.4 Å². The average molecular weight is 247 g/mol. The van der Waals surface area contributed by atoms with E-state index >= 15 is 0 Å². The normalized spacial score (nSPS) is 10.9. The first-order valence-corrected chi connectivity index (χ1v) is 5.79. The number of methoxy groups -OCH3 is 1. The summed E-state index contributed by atoms with van der Waals surface area (Å²) in [7, 11) is 1.52. The van der Waals surface area contributed by atoms with Gasteiger partial charge in [-0.2, -0.15) is 5.10 Å². The fourth-order valence-corrected chi connectivity index (χ4v) is 1.64. The molecule has 6 heteroatoms. The van der Waals surface area contributed by atoms with Crippen LogP contribution in [-0.2, 0) is 6.54 Å². The van der Waals surface area contributed by atoms with Crippen molar-refractivity contribution in [1.82, 2.24) is 19.7 Å². The minimum atomic E-state index is 0.288. The van der Waals surface area contributed by atoms with E-state index in [1.807, 2.05) is 10.9 Å². The SMILES string of the molecule is COc1nc(-c2cnn(CC(C)C)c2)cnc1N. The van der Waals surface area contributed by atoms with E-state index in [2.05, 4.69) is 28.9 Å². The first-order valence-electron chi connectivity index (χ1n) is 5.79. The third kappa shape index (κ3) is 2.58. The molecule has 0 amide bonds. The number of hydrogen-bond acceptors (Lipinski definition) is 5. The molecule has 0 spiro atoms. The fourth-order valence-electron chi connectivity index (χ4n) is 1.64. The number of nitrogens with zero attached hydrogens (tertiary/aromatic N) is 4. The van der Waals surface area contributed by atoms with Crippen molar-refractivity contribution >= 4 is 5.82 Å². The molecule has 0 aromatic carbocycles. The Bertz CT molecular complexity index is 535. The van der Waals surface area contributed by atoms with Crippen LogP contribution in [0.4, 0.5) is 5.82 Å². The second-order valence-corrected chi connectivity index (χ2v) is 4.49. The molecule has 0 fully saturated rings. The Kier molecular flexibility index (Phi) is 3.45. The Morgan fingerprint density at radius 3 is 2.83 bits per heavy atom. The van der Waals surface area contributed by atoms with E-state index in [1.165, 1.54) is 7.11 Å². The highest BCUT2D eigenvalue weighted by atomic mass is 16.5. The molecule has 0 bridgehead atoms. The molecule has 2 aromatic heterocycles. The second-order valence-electron chi connectivity index (χ2n) is 4.49. The van der Waals surface area contributed by atoms with Gasteiger partial charge in [-0.3, -0.25) is 4.68 Å². The van der Waals surface area contributed by atoms with Crippen LogP contribution < -0.4 is 10.5 Å². The van der Waals surface area contributed by atoms with Gasteiger partial charge in [0.15, 0.2) is 5.82 Å². The molecular weight excluding hydrogens is 230 g/mol. The van der Waals surface area contributed by atoms with Gasteiger partial charge in [-0.1, -0.05) is 13.8 Å². The molecule has 0 aliphatic heterocycles. The molecule has 2 aromatic rings. The van der Waals surface area contributed by atoms with Crippen molar-refractivity contribution in [3.63, 3.8) is 0 Å². The van der Waals surface area contributed by atoms with Gasteiger partial charge < -0.3 is 10.5 Å². The Morgan fingerprint density at radius 1 is 1.39 bits per heavy atom. The van der Waals surface area contributed by atoms with E-state index in [-0.39, 0.29) is 5.82 Å². The minimum absolute atomic E-state index is 0.288. The quantitative estimate of drug-likeness (QED) is 0.887. The van der Waals surface area contributed by atoms with Gasteiger partial charge in [0.1, 0.15) is 0 Å². The number of hydrogen-bond donors (Lipinski definition) is 1. The molecule has 2 heterocycles.